The molecule has 0 fully saturated rings. The SMILES string of the molecule is CCC(=O)CCC(C(C)=O)N1C(=O)c2cccc(NC(C)C)c2C1=O. The first-order valence-corrected chi connectivity index (χ1v) is 8.57. The summed E-state index contributed by atoms with van der Waals surface area (Å²) in [6.07, 6.45) is 0.709. The van der Waals surface area contributed by atoms with Gasteiger partial charge in [-0.2, -0.15) is 0 Å². The Morgan fingerprint density at radius 1 is 1.16 bits per heavy atom. The third kappa shape index (κ3) is 3.78. The van der Waals surface area contributed by atoms with Crippen LogP contribution in [0.1, 0.15) is 67.7 Å². The van der Waals surface area contributed by atoms with Gasteiger partial charge in [0.2, 0.25) is 0 Å². The van der Waals surface area contributed by atoms with Gasteiger partial charge in [-0.1, -0.05) is 13.0 Å². The van der Waals surface area contributed by atoms with Gasteiger partial charge in [0.15, 0.2) is 5.78 Å². The Morgan fingerprint density at radius 2 is 1.84 bits per heavy atom. The summed E-state index contributed by atoms with van der Waals surface area (Å²) in [7, 11) is 0. The monoisotopic (exact) mass is 344 g/mol. The first kappa shape index (κ1) is 18.8. The topological polar surface area (TPSA) is 83.6 Å². The Morgan fingerprint density at radius 3 is 2.40 bits per heavy atom. The molecule has 6 nitrogen and oxygen atoms in total. The van der Waals surface area contributed by atoms with Crippen molar-refractivity contribution in [3.05, 3.63) is 29.3 Å². The van der Waals surface area contributed by atoms with Crippen LogP contribution in [0, 0.1) is 0 Å². The standard InChI is InChI=1S/C19H24N2O4/c1-5-13(23)9-10-16(12(4)22)21-18(24)14-7-6-8-15(20-11(2)3)17(14)19(21)25/h6-8,11,16,20H,5,9-10H2,1-4H3. The Hall–Kier alpha value is -2.50. The molecule has 0 bridgehead atoms. The molecule has 134 valence electrons. The number of nitrogens with one attached hydrogen (secondary N) is 1. The minimum Gasteiger partial charge on any atom is -0.382 e. The zero-order valence-electron chi connectivity index (χ0n) is 15.1. The molecule has 0 spiro atoms. The predicted molar refractivity (Wildman–Crippen MR) is 94.7 cm³/mol. The summed E-state index contributed by atoms with van der Waals surface area (Å²) in [5, 5.41) is 3.17. The molecule has 0 aromatic heterocycles. The van der Waals surface area contributed by atoms with Gasteiger partial charge < -0.3 is 5.32 Å². The molecule has 1 aromatic carbocycles. The lowest BCUT2D eigenvalue weighted by Crippen LogP contribution is -2.44. The van der Waals surface area contributed by atoms with Crippen molar-refractivity contribution >= 4 is 29.1 Å². The van der Waals surface area contributed by atoms with Crippen LogP contribution in [-0.4, -0.2) is 40.4 Å². The van der Waals surface area contributed by atoms with Crippen molar-refractivity contribution in [1.29, 1.82) is 0 Å². The van der Waals surface area contributed by atoms with Gasteiger partial charge in [0.25, 0.3) is 11.8 Å². The van der Waals surface area contributed by atoms with E-state index in [0.717, 1.165) is 4.90 Å². The van der Waals surface area contributed by atoms with Crippen LogP contribution in [0.4, 0.5) is 5.69 Å². The number of imide groups is 1. The molecule has 1 aliphatic rings. The van der Waals surface area contributed by atoms with E-state index in [1.165, 1.54) is 6.92 Å². The van der Waals surface area contributed by atoms with Crippen LogP contribution in [0.25, 0.3) is 0 Å². The van der Waals surface area contributed by atoms with Crippen LogP contribution < -0.4 is 5.32 Å². The molecule has 1 aliphatic heterocycles. The number of carbonyl (C=O) groups is 4. The summed E-state index contributed by atoms with van der Waals surface area (Å²) in [6, 6.07) is 4.23. The molecular weight excluding hydrogens is 320 g/mol. The third-order valence-electron chi connectivity index (χ3n) is 4.26. The molecule has 6 heteroatoms. The Labute approximate surface area is 147 Å². The van der Waals surface area contributed by atoms with Crippen LogP contribution in [0.5, 0.6) is 0 Å². The fraction of sp³-hybridized carbons (Fsp3) is 0.474. The fourth-order valence-electron chi connectivity index (χ4n) is 3.01. The van der Waals surface area contributed by atoms with E-state index in [2.05, 4.69) is 5.32 Å². The number of hydrogen-bond acceptors (Lipinski definition) is 5. The number of hydrogen-bond donors (Lipinski definition) is 1. The minimum atomic E-state index is -0.908. The van der Waals surface area contributed by atoms with Crippen LogP contribution in [0.3, 0.4) is 0 Å². The second-order valence-corrected chi connectivity index (χ2v) is 6.56. The summed E-state index contributed by atoms with van der Waals surface area (Å²) < 4.78 is 0. The molecule has 1 heterocycles. The van der Waals surface area contributed by atoms with Crippen molar-refractivity contribution in [3.8, 4) is 0 Å². The average molecular weight is 344 g/mol. The Bertz CT molecular complexity index is 724. The van der Waals surface area contributed by atoms with Gasteiger partial charge in [-0.15, -0.1) is 0 Å². The van der Waals surface area contributed by atoms with Crippen LogP contribution >= 0.6 is 0 Å². The summed E-state index contributed by atoms with van der Waals surface area (Å²) in [6.45, 7) is 6.97. The van der Waals surface area contributed by atoms with Crippen molar-refractivity contribution in [2.24, 2.45) is 0 Å². The highest BCUT2D eigenvalue weighted by molar-refractivity contribution is 6.25. The number of nitrogens with zero attached hydrogens (tertiary/aromatic N) is 1. The van der Waals surface area contributed by atoms with Gasteiger partial charge in [0.1, 0.15) is 5.78 Å². The van der Waals surface area contributed by atoms with E-state index in [1.54, 1.807) is 25.1 Å². The lowest BCUT2D eigenvalue weighted by atomic mass is 10.0. The lowest BCUT2D eigenvalue weighted by molar-refractivity contribution is -0.122. The van der Waals surface area contributed by atoms with Crippen LogP contribution in [-0.2, 0) is 9.59 Å². The number of benzene rings is 1. The molecule has 1 N–H and O–H groups in total. The van der Waals surface area contributed by atoms with Gasteiger partial charge in [0.05, 0.1) is 17.2 Å². The van der Waals surface area contributed by atoms with Gasteiger partial charge >= 0.3 is 0 Å². The normalized spacial score (nSPS) is 14.7. The summed E-state index contributed by atoms with van der Waals surface area (Å²) in [5.41, 5.74) is 1.18. The van der Waals surface area contributed by atoms with Crippen LogP contribution in [0.2, 0.25) is 0 Å². The second-order valence-electron chi connectivity index (χ2n) is 6.56. The number of ketones is 2. The van der Waals surface area contributed by atoms with Crippen molar-refractivity contribution in [2.45, 2.75) is 59.0 Å². The number of amides is 2. The highest BCUT2D eigenvalue weighted by atomic mass is 16.2. The third-order valence-corrected chi connectivity index (χ3v) is 4.26. The highest BCUT2D eigenvalue weighted by Gasteiger charge is 2.43. The number of rotatable bonds is 8. The van der Waals surface area contributed by atoms with E-state index in [-0.39, 0.29) is 30.4 Å². The number of carbonyl (C=O) groups excluding carboxylic acids is 4. The summed E-state index contributed by atoms with van der Waals surface area (Å²) >= 11 is 0. The summed E-state index contributed by atoms with van der Waals surface area (Å²) in [5.74, 6) is -1.24. The van der Waals surface area contributed by atoms with Gasteiger partial charge in [-0.25, -0.2) is 0 Å². The zero-order valence-corrected chi connectivity index (χ0v) is 15.1. The molecule has 1 unspecified atom stereocenters. The predicted octanol–water partition coefficient (Wildman–Crippen LogP) is 2.82. The first-order valence-electron chi connectivity index (χ1n) is 8.57. The number of Topliss-reactive ketones (excluding diaryl/α,β-unsaturated/α-hetero) is 2. The van der Waals surface area contributed by atoms with Crippen LogP contribution in [0.15, 0.2) is 18.2 Å². The number of fused-ring (bicyclic) bond motifs is 1. The average Bonchev–Trinajstić information content (AvgIpc) is 2.80. The van der Waals surface area contributed by atoms with E-state index in [0.29, 0.717) is 23.2 Å². The molecule has 1 atom stereocenters. The van der Waals surface area contributed by atoms with Gasteiger partial charge in [-0.3, -0.25) is 24.1 Å². The largest absolute Gasteiger partial charge is 0.382 e. The molecule has 0 saturated heterocycles. The maximum atomic E-state index is 12.9. The van der Waals surface area contributed by atoms with Gasteiger partial charge in [-0.05, 0) is 39.3 Å². The highest BCUT2D eigenvalue weighted by Crippen LogP contribution is 2.32. The molecular formula is C19H24N2O4. The maximum absolute atomic E-state index is 12.9. The smallest absolute Gasteiger partial charge is 0.264 e. The van der Waals surface area contributed by atoms with E-state index in [1.807, 2.05) is 13.8 Å². The van der Waals surface area contributed by atoms with E-state index in [4.69, 9.17) is 0 Å². The van der Waals surface area contributed by atoms with Gasteiger partial charge in [0, 0.05) is 24.6 Å². The quantitative estimate of drug-likeness (QED) is 0.733. The molecule has 0 saturated carbocycles. The van der Waals surface area contributed by atoms with Crippen molar-refractivity contribution < 1.29 is 19.2 Å². The molecule has 25 heavy (non-hydrogen) atoms. The first-order chi connectivity index (χ1) is 11.8. The lowest BCUT2D eigenvalue weighted by Gasteiger charge is -2.23. The number of anilines is 1. The molecule has 1 aromatic rings. The summed E-state index contributed by atoms with van der Waals surface area (Å²) in [4.78, 5) is 50.3. The minimum absolute atomic E-state index is 0.00465. The molecule has 0 aliphatic carbocycles. The Balaban J connectivity index is 2.36. The Kier molecular flexibility index (Phi) is 5.72. The van der Waals surface area contributed by atoms with E-state index in [9.17, 15) is 19.2 Å². The fourth-order valence-corrected chi connectivity index (χ4v) is 3.01. The van der Waals surface area contributed by atoms with E-state index < -0.39 is 17.9 Å². The zero-order chi connectivity index (χ0) is 18.7. The van der Waals surface area contributed by atoms with Crippen molar-refractivity contribution in [2.75, 3.05) is 5.32 Å². The second kappa shape index (κ2) is 7.59. The van der Waals surface area contributed by atoms with E-state index >= 15 is 0 Å². The van der Waals surface area contributed by atoms with Crippen molar-refractivity contribution in [3.63, 3.8) is 0 Å². The molecule has 2 rings (SSSR count). The molecule has 0 radical (unpaired) electrons. The maximum Gasteiger partial charge on any atom is 0.264 e. The van der Waals surface area contributed by atoms with Crippen molar-refractivity contribution in [1.82, 2.24) is 4.90 Å². The molecule has 2 amide bonds.